The summed E-state index contributed by atoms with van der Waals surface area (Å²) in [7, 11) is 0. The van der Waals surface area contributed by atoms with Crippen LogP contribution in [0.4, 0.5) is 0 Å². The lowest BCUT2D eigenvalue weighted by Gasteiger charge is -2.06. The second kappa shape index (κ2) is 6.28. The van der Waals surface area contributed by atoms with Crippen molar-refractivity contribution >= 4 is 11.9 Å². The molecule has 1 aromatic heterocycles. The maximum Gasteiger partial charge on any atom is 0.358 e. The number of amides is 1. The van der Waals surface area contributed by atoms with Crippen LogP contribution in [0.2, 0.25) is 0 Å². The molecule has 0 unspecified atom stereocenters. The number of nitrogens with one attached hydrogen (secondary N) is 2. The number of carbonyl (C=O) groups is 2. The van der Waals surface area contributed by atoms with Crippen LogP contribution in [0.25, 0.3) is 0 Å². The quantitative estimate of drug-likeness (QED) is 0.526. The van der Waals surface area contributed by atoms with Crippen LogP contribution in [0, 0.1) is 5.92 Å². The zero-order chi connectivity index (χ0) is 13.7. The molecule has 8 nitrogen and oxygen atoms in total. The van der Waals surface area contributed by atoms with Crippen molar-refractivity contribution in [1.82, 2.24) is 25.6 Å². The van der Waals surface area contributed by atoms with E-state index in [0.717, 1.165) is 12.8 Å². The molecule has 0 saturated heterocycles. The summed E-state index contributed by atoms with van der Waals surface area (Å²) >= 11 is 0. The zero-order valence-electron chi connectivity index (χ0n) is 10.5. The first-order valence-corrected chi connectivity index (χ1v) is 6.28. The van der Waals surface area contributed by atoms with Gasteiger partial charge in [-0.05, 0) is 12.8 Å². The molecule has 0 aliphatic heterocycles. The van der Waals surface area contributed by atoms with Crippen LogP contribution in [-0.2, 0) is 11.3 Å². The molecule has 1 saturated carbocycles. The second-order valence-corrected chi connectivity index (χ2v) is 4.49. The summed E-state index contributed by atoms with van der Waals surface area (Å²) < 4.78 is 1.47. The number of rotatable bonds is 8. The predicted octanol–water partition coefficient (Wildman–Crippen LogP) is -0.908. The summed E-state index contributed by atoms with van der Waals surface area (Å²) in [5.74, 6) is -0.698. The molecule has 1 amide bonds. The Kier molecular flexibility index (Phi) is 4.45. The van der Waals surface area contributed by atoms with E-state index in [4.69, 9.17) is 5.11 Å². The molecule has 19 heavy (non-hydrogen) atoms. The number of carbonyl (C=O) groups excluding carboxylic acids is 1. The topological polar surface area (TPSA) is 109 Å². The Bertz CT molecular complexity index is 455. The molecule has 1 fully saturated rings. The normalized spacial score (nSPS) is 14.3. The smallest absolute Gasteiger partial charge is 0.358 e. The van der Waals surface area contributed by atoms with Crippen LogP contribution in [0.1, 0.15) is 23.3 Å². The van der Waals surface area contributed by atoms with E-state index in [1.54, 1.807) is 0 Å². The van der Waals surface area contributed by atoms with Crippen LogP contribution in [0.3, 0.4) is 0 Å². The SMILES string of the molecule is O=C(O)c1cn(CCNCCNC(=O)C2CC2)nn1. The minimum Gasteiger partial charge on any atom is -0.476 e. The van der Waals surface area contributed by atoms with E-state index in [1.807, 2.05) is 0 Å². The second-order valence-electron chi connectivity index (χ2n) is 4.49. The summed E-state index contributed by atoms with van der Waals surface area (Å²) in [4.78, 5) is 21.9. The Hall–Kier alpha value is -1.96. The molecule has 0 radical (unpaired) electrons. The van der Waals surface area contributed by atoms with Crippen molar-refractivity contribution in [3.8, 4) is 0 Å². The van der Waals surface area contributed by atoms with Crippen molar-refractivity contribution in [1.29, 1.82) is 0 Å². The lowest BCUT2D eigenvalue weighted by Crippen LogP contribution is -2.33. The van der Waals surface area contributed by atoms with Gasteiger partial charge in [-0.25, -0.2) is 4.79 Å². The van der Waals surface area contributed by atoms with E-state index >= 15 is 0 Å². The Morgan fingerprint density at radius 3 is 2.79 bits per heavy atom. The molecule has 0 aromatic carbocycles. The van der Waals surface area contributed by atoms with Crippen LogP contribution >= 0.6 is 0 Å². The molecule has 1 aliphatic carbocycles. The lowest BCUT2D eigenvalue weighted by atomic mass is 10.4. The van der Waals surface area contributed by atoms with E-state index < -0.39 is 5.97 Å². The summed E-state index contributed by atoms with van der Waals surface area (Å²) in [6, 6.07) is 0. The number of aromatic carboxylic acids is 1. The molecule has 2 rings (SSSR count). The van der Waals surface area contributed by atoms with Gasteiger partial charge in [-0.3, -0.25) is 9.48 Å². The van der Waals surface area contributed by atoms with Crippen molar-refractivity contribution in [3.05, 3.63) is 11.9 Å². The fraction of sp³-hybridized carbons (Fsp3) is 0.636. The van der Waals surface area contributed by atoms with Crippen molar-refractivity contribution in [2.45, 2.75) is 19.4 Å². The average Bonchev–Trinajstić information content (AvgIpc) is 3.12. The number of hydrogen-bond donors (Lipinski definition) is 3. The maximum atomic E-state index is 11.3. The Morgan fingerprint density at radius 2 is 2.16 bits per heavy atom. The van der Waals surface area contributed by atoms with E-state index in [9.17, 15) is 9.59 Å². The minimum absolute atomic E-state index is 0.0586. The minimum atomic E-state index is -1.08. The first kappa shape index (κ1) is 13.5. The molecule has 1 aliphatic rings. The molecule has 104 valence electrons. The fourth-order valence-corrected chi connectivity index (χ4v) is 1.59. The van der Waals surface area contributed by atoms with Gasteiger partial charge in [0.05, 0.1) is 12.7 Å². The molecular formula is C11H17N5O3. The molecule has 0 spiro atoms. The molecule has 1 heterocycles. The van der Waals surface area contributed by atoms with Gasteiger partial charge in [-0.1, -0.05) is 5.21 Å². The van der Waals surface area contributed by atoms with Crippen LogP contribution in [-0.4, -0.2) is 51.6 Å². The molecule has 0 atom stereocenters. The molecule has 3 N–H and O–H groups in total. The Morgan fingerprint density at radius 1 is 1.37 bits per heavy atom. The van der Waals surface area contributed by atoms with Gasteiger partial charge in [-0.15, -0.1) is 5.10 Å². The summed E-state index contributed by atoms with van der Waals surface area (Å²) in [5.41, 5.74) is -0.0586. The van der Waals surface area contributed by atoms with E-state index in [0.29, 0.717) is 26.2 Å². The number of aromatic nitrogens is 3. The van der Waals surface area contributed by atoms with Gasteiger partial charge in [0.25, 0.3) is 0 Å². The van der Waals surface area contributed by atoms with E-state index in [1.165, 1.54) is 10.9 Å². The van der Waals surface area contributed by atoms with Gasteiger partial charge in [0.2, 0.25) is 5.91 Å². The summed E-state index contributed by atoms with van der Waals surface area (Å²) in [5, 5.41) is 21.9. The first-order chi connectivity index (χ1) is 9.16. The highest BCUT2D eigenvalue weighted by Gasteiger charge is 2.28. The van der Waals surface area contributed by atoms with Gasteiger partial charge >= 0.3 is 5.97 Å². The third-order valence-corrected chi connectivity index (χ3v) is 2.82. The van der Waals surface area contributed by atoms with Gasteiger partial charge in [0.15, 0.2) is 5.69 Å². The number of hydrogen-bond acceptors (Lipinski definition) is 5. The van der Waals surface area contributed by atoms with Crippen molar-refractivity contribution in [2.24, 2.45) is 5.92 Å². The van der Waals surface area contributed by atoms with E-state index in [2.05, 4.69) is 20.9 Å². The molecule has 8 heteroatoms. The van der Waals surface area contributed by atoms with Crippen molar-refractivity contribution in [2.75, 3.05) is 19.6 Å². The van der Waals surface area contributed by atoms with E-state index in [-0.39, 0.29) is 17.5 Å². The highest BCUT2D eigenvalue weighted by atomic mass is 16.4. The number of nitrogens with zero attached hydrogens (tertiary/aromatic N) is 3. The number of carboxylic acid groups (broad SMARTS) is 1. The summed E-state index contributed by atoms with van der Waals surface area (Å²) in [6.45, 7) is 2.46. The maximum absolute atomic E-state index is 11.3. The Balaban J connectivity index is 1.53. The standard InChI is InChI=1S/C11H17N5O3/c17-10(8-1-2-8)13-4-3-12-5-6-16-7-9(11(18)19)14-15-16/h7-8,12H,1-6H2,(H,13,17)(H,18,19). The highest BCUT2D eigenvalue weighted by molar-refractivity contribution is 5.84. The van der Waals surface area contributed by atoms with Gasteiger partial charge in [0, 0.05) is 25.6 Å². The third kappa shape index (κ3) is 4.32. The lowest BCUT2D eigenvalue weighted by molar-refractivity contribution is -0.122. The summed E-state index contributed by atoms with van der Waals surface area (Å²) in [6.07, 6.45) is 3.41. The monoisotopic (exact) mass is 267 g/mol. The third-order valence-electron chi connectivity index (χ3n) is 2.82. The predicted molar refractivity (Wildman–Crippen MR) is 65.6 cm³/mol. The molecular weight excluding hydrogens is 250 g/mol. The number of carboxylic acids is 1. The molecule has 1 aromatic rings. The van der Waals surface area contributed by atoms with Crippen LogP contribution in [0.15, 0.2) is 6.20 Å². The highest BCUT2D eigenvalue weighted by Crippen LogP contribution is 2.28. The Labute approximate surface area is 110 Å². The zero-order valence-corrected chi connectivity index (χ0v) is 10.5. The van der Waals surface area contributed by atoms with Crippen molar-refractivity contribution in [3.63, 3.8) is 0 Å². The van der Waals surface area contributed by atoms with Crippen LogP contribution < -0.4 is 10.6 Å². The van der Waals surface area contributed by atoms with Gasteiger partial charge in [0.1, 0.15) is 0 Å². The molecule has 0 bridgehead atoms. The largest absolute Gasteiger partial charge is 0.476 e. The first-order valence-electron chi connectivity index (χ1n) is 6.28. The average molecular weight is 267 g/mol. The van der Waals surface area contributed by atoms with Gasteiger partial charge in [-0.2, -0.15) is 0 Å². The fourth-order valence-electron chi connectivity index (χ4n) is 1.59. The van der Waals surface area contributed by atoms with Crippen molar-refractivity contribution < 1.29 is 14.7 Å². The van der Waals surface area contributed by atoms with Gasteiger partial charge < -0.3 is 15.7 Å². The van der Waals surface area contributed by atoms with Crippen LogP contribution in [0.5, 0.6) is 0 Å².